The van der Waals surface area contributed by atoms with Crippen LogP contribution >= 0.6 is 15.9 Å². The lowest BCUT2D eigenvalue weighted by molar-refractivity contribution is -0.126. The van der Waals surface area contributed by atoms with Crippen LogP contribution in [0.5, 0.6) is 0 Å². The second kappa shape index (κ2) is 6.41. The van der Waals surface area contributed by atoms with Gasteiger partial charge in [-0.05, 0) is 37.1 Å². The fourth-order valence-electron chi connectivity index (χ4n) is 2.12. The highest BCUT2D eigenvalue weighted by Crippen LogP contribution is 2.21. The molecule has 3 nitrogen and oxygen atoms in total. The van der Waals surface area contributed by atoms with Crippen LogP contribution < -0.4 is 11.1 Å². The maximum atomic E-state index is 12.5. The third kappa shape index (κ3) is 3.71. The SMILES string of the molecule is C[C@@H](NC(=O)C(C)(N)c1ccccc1)c1cccc(Br)c1. The van der Waals surface area contributed by atoms with Crippen molar-refractivity contribution in [2.75, 3.05) is 0 Å². The first-order valence-electron chi connectivity index (χ1n) is 6.82. The van der Waals surface area contributed by atoms with E-state index >= 15 is 0 Å². The van der Waals surface area contributed by atoms with Crippen molar-refractivity contribution in [2.24, 2.45) is 5.73 Å². The third-order valence-electron chi connectivity index (χ3n) is 3.54. The lowest BCUT2D eigenvalue weighted by Crippen LogP contribution is -2.49. The van der Waals surface area contributed by atoms with Gasteiger partial charge in [0.2, 0.25) is 5.91 Å². The molecule has 0 spiro atoms. The molecular weight excluding hydrogens is 328 g/mol. The number of halogens is 1. The molecule has 2 rings (SSSR count). The number of rotatable bonds is 4. The minimum Gasteiger partial charge on any atom is -0.348 e. The monoisotopic (exact) mass is 346 g/mol. The number of carbonyl (C=O) groups is 1. The summed E-state index contributed by atoms with van der Waals surface area (Å²) >= 11 is 3.44. The van der Waals surface area contributed by atoms with Gasteiger partial charge in [-0.1, -0.05) is 58.4 Å². The van der Waals surface area contributed by atoms with Gasteiger partial charge in [-0.3, -0.25) is 4.79 Å². The average molecular weight is 347 g/mol. The van der Waals surface area contributed by atoms with Crippen LogP contribution in [0.1, 0.15) is 31.0 Å². The summed E-state index contributed by atoms with van der Waals surface area (Å²) in [6.07, 6.45) is 0. The van der Waals surface area contributed by atoms with Gasteiger partial charge in [0, 0.05) is 4.47 Å². The lowest BCUT2D eigenvalue weighted by Gasteiger charge is -2.26. The third-order valence-corrected chi connectivity index (χ3v) is 4.03. The zero-order chi connectivity index (χ0) is 15.5. The fourth-order valence-corrected chi connectivity index (χ4v) is 2.54. The number of hydrogen-bond acceptors (Lipinski definition) is 2. The first kappa shape index (κ1) is 15.7. The first-order valence-corrected chi connectivity index (χ1v) is 7.61. The molecule has 0 heterocycles. The fraction of sp³-hybridized carbons (Fsp3) is 0.235. The van der Waals surface area contributed by atoms with E-state index in [2.05, 4.69) is 21.2 Å². The molecule has 1 unspecified atom stereocenters. The van der Waals surface area contributed by atoms with E-state index in [4.69, 9.17) is 5.73 Å². The highest BCUT2D eigenvalue weighted by molar-refractivity contribution is 9.10. The Bertz CT molecular complexity index is 626. The van der Waals surface area contributed by atoms with Crippen molar-refractivity contribution in [3.63, 3.8) is 0 Å². The van der Waals surface area contributed by atoms with E-state index in [1.54, 1.807) is 6.92 Å². The second-order valence-corrected chi connectivity index (χ2v) is 6.23. The van der Waals surface area contributed by atoms with Gasteiger partial charge in [0.15, 0.2) is 0 Å². The number of carbonyl (C=O) groups excluding carboxylic acids is 1. The van der Waals surface area contributed by atoms with Crippen molar-refractivity contribution in [2.45, 2.75) is 25.4 Å². The van der Waals surface area contributed by atoms with Crippen LogP contribution in [0.2, 0.25) is 0 Å². The van der Waals surface area contributed by atoms with Crippen LogP contribution in [0.3, 0.4) is 0 Å². The van der Waals surface area contributed by atoms with Gasteiger partial charge < -0.3 is 11.1 Å². The highest BCUT2D eigenvalue weighted by Gasteiger charge is 2.31. The number of amides is 1. The molecule has 110 valence electrons. The Morgan fingerprint density at radius 3 is 2.48 bits per heavy atom. The van der Waals surface area contributed by atoms with E-state index in [0.717, 1.165) is 15.6 Å². The van der Waals surface area contributed by atoms with Crippen LogP contribution in [-0.4, -0.2) is 5.91 Å². The Labute approximate surface area is 133 Å². The summed E-state index contributed by atoms with van der Waals surface area (Å²) in [5, 5.41) is 2.98. The van der Waals surface area contributed by atoms with Gasteiger partial charge in [-0.25, -0.2) is 0 Å². The zero-order valence-electron chi connectivity index (χ0n) is 12.1. The van der Waals surface area contributed by atoms with Crippen molar-refractivity contribution in [3.05, 3.63) is 70.2 Å². The summed E-state index contributed by atoms with van der Waals surface area (Å²) in [4.78, 5) is 12.5. The predicted octanol–water partition coefficient (Wildman–Crippen LogP) is 3.50. The number of nitrogens with two attached hydrogens (primary N) is 1. The molecule has 0 fully saturated rings. The number of hydrogen-bond donors (Lipinski definition) is 2. The normalized spacial score (nSPS) is 15.0. The Morgan fingerprint density at radius 1 is 1.19 bits per heavy atom. The van der Waals surface area contributed by atoms with Crippen LogP contribution in [-0.2, 0) is 10.3 Å². The molecule has 2 aromatic carbocycles. The lowest BCUT2D eigenvalue weighted by atomic mass is 9.91. The highest BCUT2D eigenvalue weighted by atomic mass is 79.9. The molecule has 3 N–H and O–H groups in total. The quantitative estimate of drug-likeness (QED) is 0.889. The van der Waals surface area contributed by atoms with Crippen molar-refractivity contribution < 1.29 is 4.79 Å². The maximum absolute atomic E-state index is 12.5. The Balaban J connectivity index is 2.14. The van der Waals surface area contributed by atoms with Crippen LogP contribution in [0.25, 0.3) is 0 Å². The minimum absolute atomic E-state index is 0.110. The Morgan fingerprint density at radius 2 is 1.86 bits per heavy atom. The van der Waals surface area contributed by atoms with E-state index in [-0.39, 0.29) is 11.9 Å². The smallest absolute Gasteiger partial charge is 0.244 e. The summed E-state index contributed by atoms with van der Waals surface area (Å²) in [5.41, 5.74) is 6.99. The van der Waals surface area contributed by atoms with Crippen LogP contribution in [0, 0.1) is 0 Å². The Kier molecular flexibility index (Phi) is 4.80. The van der Waals surface area contributed by atoms with Gasteiger partial charge in [-0.15, -0.1) is 0 Å². The molecule has 0 aliphatic heterocycles. The molecule has 2 atom stereocenters. The van der Waals surface area contributed by atoms with Crippen molar-refractivity contribution >= 4 is 21.8 Å². The molecule has 0 saturated carbocycles. The van der Waals surface area contributed by atoms with Gasteiger partial charge >= 0.3 is 0 Å². The van der Waals surface area contributed by atoms with E-state index in [9.17, 15) is 4.79 Å². The summed E-state index contributed by atoms with van der Waals surface area (Å²) < 4.78 is 0.986. The van der Waals surface area contributed by atoms with E-state index < -0.39 is 5.54 Å². The average Bonchev–Trinajstić information content (AvgIpc) is 2.48. The molecule has 0 saturated heterocycles. The largest absolute Gasteiger partial charge is 0.348 e. The molecule has 0 bridgehead atoms. The molecule has 0 aliphatic carbocycles. The molecular formula is C17H19BrN2O. The van der Waals surface area contributed by atoms with Gasteiger partial charge in [-0.2, -0.15) is 0 Å². The summed E-state index contributed by atoms with van der Waals surface area (Å²) in [6, 6.07) is 17.1. The summed E-state index contributed by atoms with van der Waals surface area (Å²) in [5.74, 6) is -0.193. The maximum Gasteiger partial charge on any atom is 0.244 e. The van der Waals surface area contributed by atoms with Crippen molar-refractivity contribution in [1.29, 1.82) is 0 Å². The second-order valence-electron chi connectivity index (χ2n) is 5.32. The standard InChI is InChI=1S/C17H19BrN2O/c1-12(13-7-6-10-15(18)11-13)20-16(21)17(2,19)14-8-4-3-5-9-14/h3-12H,19H2,1-2H3,(H,20,21)/t12-,17?/m1/s1. The summed E-state index contributed by atoms with van der Waals surface area (Å²) in [6.45, 7) is 3.67. The Hall–Kier alpha value is -1.65. The molecule has 0 radical (unpaired) electrons. The molecule has 0 aromatic heterocycles. The number of nitrogens with one attached hydrogen (secondary N) is 1. The molecule has 0 aliphatic rings. The van der Waals surface area contributed by atoms with E-state index in [1.807, 2.05) is 61.5 Å². The van der Waals surface area contributed by atoms with Gasteiger partial charge in [0.1, 0.15) is 5.54 Å². The van der Waals surface area contributed by atoms with Crippen LogP contribution in [0.4, 0.5) is 0 Å². The molecule has 2 aromatic rings. The van der Waals surface area contributed by atoms with Gasteiger partial charge in [0.25, 0.3) is 0 Å². The van der Waals surface area contributed by atoms with E-state index in [1.165, 1.54) is 0 Å². The minimum atomic E-state index is -1.05. The predicted molar refractivity (Wildman–Crippen MR) is 88.7 cm³/mol. The first-order chi connectivity index (χ1) is 9.91. The molecule has 21 heavy (non-hydrogen) atoms. The number of benzene rings is 2. The topological polar surface area (TPSA) is 55.1 Å². The van der Waals surface area contributed by atoms with Crippen molar-refractivity contribution in [1.82, 2.24) is 5.32 Å². The van der Waals surface area contributed by atoms with Gasteiger partial charge in [0.05, 0.1) is 6.04 Å². The van der Waals surface area contributed by atoms with E-state index in [0.29, 0.717) is 0 Å². The summed E-state index contributed by atoms with van der Waals surface area (Å²) in [7, 11) is 0. The van der Waals surface area contributed by atoms with Crippen molar-refractivity contribution in [3.8, 4) is 0 Å². The molecule has 4 heteroatoms. The molecule has 1 amide bonds. The van der Waals surface area contributed by atoms with Crippen LogP contribution in [0.15, 0.2) is 59.1 Å². The zero-order valence-corrected chi connectivity index (χ0v) is 13.7.